The normalized spacial score (nSPS) is 21.6. The lowest BCUT2D eigenvalue weighted by molar-refractivity contribution is -0.141. The molecular weight excluding hydrogens is 765 g/mol. The lowest BCUT2D eigenvalue weighted by Crippen LogP contribution is -2.58. The van der Waals surface area contributed by atoms with E-state index in [0.717, 1.165) is 22.2 Å². The van der Waals surface area contributed by atoms with Crippen molar-refractivity contribution in [2.24, 2.45) is 16.5 Å². The molecular formula is C39H51N11O9. The number of nitrogens with zero attached hydrogens (tertiary/aromatic N) is 1. The topological polar surface area (TPSA) is 324 Å². The summed E-state index contributed by atoms with van der Waals surface area (Å²) >= 11 is 0. The number of phenols is 1. The summed E-state index contributed by atoms with van der Waals surface area (Å²) in [5.41, 5.74) is 14.5. The van der Waals surface area contributed by atoms with Crippen molar-refractivity contribution in [2.75, 3.05) is 19.6 Å². The molecule has 5 rings (SSSR count). The Morgan fingerprint density at radius 2 is 1.44 bits per heavy atom. The Balaban J connectivity index is 1.31. The number of H-pyrrole nitrogens is 1. The number of carbonyl (C=O) groups is 7. The highest BCUT2D eigenvalue weighted by Crippen LogP contribution is 2.26. The van der Waals surface area contributed by atoms with Gasteiger partial charge in [0.15, 0.2) is 5.96 Å². The van der Waals surface area contributed by atoms with Gasteiger partial charge in [-0.2, -0.15) is 0 Å². The quantitative estimate of drug-likeness (QED) is 0.0479. The number of hydrogen-bond donors (Lipinski definition) is 12. The number of nitrogens with two attached hydrogens (primary N) is 2. The number of nitrogens with one attached hydrogen (secondary N) is 8. The first kappa shape index (κ1) is 43.4. The minimum Gasteiger partial charge on any atom is -0.508 e. The molecule has 59 heavy (non-hydrogen) atoms. The van der Waals surface area contributed by atoms with E-state index in [1.165, 1.54) is 24.3 Å². The predicted molar refractivity (Wildman–Crippen MR) is 214 cm³/mol. The first-order valence-electron chi connectivity index (χ1n) is 19.4. The van der Waals surface area contributed by atoms with Gasteiger partial charge in [0.05, 0.1) is 19.0 Å². The van der Waals surface area contributed by atoms with Gasteiger partial charge >= 0.3 is 5.97 Å². The average Bonchev–Trinajstić information content (AvgIpc) is 3.58. The number of aromatic nitrogens is 1. The van der Waals surface area contributed by atoms with Gasteiger partial charge in [-0.05, 0) is 67.9 Å². The van der Waals surface area contributed by atoms with Crippen LogP contribution in [0.15, 0.2) is 53.5 Å². The number of benzene rings is 2. The van der Waals surface area contributed by atoms with E-state index in [1.807, 2.05) is 24.3 Å². The van der Waals surface area contributed by atoms with Gasteiger partial charge in [-0.3, -0.25) is 43.9 Å². The van der Waals surface area contributed by atoms with Gasteiger partial charge in [0, 0.05) is 42.7 Å². The number of phenolic OH excluding ortho intramolecular Hbond substituents is 1. The molecule has 14 N–H and O–H groups in total. The summed E-state index contributed by atoms with van der Waals surface area (Å²) in [5.74, 6) is -6.02. The molecule has 6 amide bonds. The molecule has 0 saturated carbocycles. The van der Waals surface area contributed by atoms with E-state index in [0.29, 0.717) is 31.4 Å². The van der Waals surface area contributed by atoms with E-state index >= 15 is 0 Å². The van der Waals surface area contributed by atoms with E-state index in [-0.39, 0.29) is 56.4 Å². The van der Waals surface area contributed by atoms with Gasteiger partial charge in [-0.25, -0.2) is 0 Å². The van der Waals surface area contributed by atoms with Crippen molar-refractivity contribution in [3.8, 4) is 5.75 Å². The summed E-state index contributed by atoms with van der Waals surface area (Å²) in [5, 5.41) is 39.2. The number of aromatic amines is 1. The summed E-state index contributed by atoms with van der Waals surface area (Å²) in [7, 11) is 0. The lowest BCUT2D eigenvalue weighted by Gasteiger charge is -2.26. The molecule has 1 unspecified atom stereocenters. The van der Waals surface area contributed by atoms with Crippen LogP contribution < -0.4 is 48.7 Å². The van der Waals surface area contributed by atoms with Crippen molar-refractivity contribution in [1.82, 2.24) is 42.2 Å². The molecule has 1 saturated heterocycles. The van der Waals surface area contributed by atoms with Crippen molar-refractivity contribution in [1.29, 1.82) is 0 Å². The first-order valence-corrected chi connectivity index (χ1v) is 19.4. The van der Waals surface area contributed by atoms with Crippen molar-refractivity contribution in [3.63, 3.8) is 0 Å². The van der Waals surface area contributed by atoms with Crippen molar-refractivity contribution in [2.45, 2.75) is 88.1 Å². The fourth-order valence-electron chi connectivity index (χ4n) is 6.99. The summed E-state index contributed by atoms with van der Waals surface area (Å²) in [6.07, 6.45) is 0.589. The Bertz CT molecular complexity index is 2050. The predicted octanol–water partition coefficient (Wildman–Crippen LogP) is -1.99. The SMILES string of the molecule is NC(N)=NCCC[C@@H]1NC(=O)[C@H](CCCCNC(=O)C2Cc3c([nH]c4ccccc34)[11CH2]N2)NC(=O)[C@@H](Cc2ccc(O)cc2)NC(=O)[C@H](CC(=O)O)NC(=O)CNC1=O. The first-order chi connectivity index (χ1) is 28.3. The van der Waals surface area contributed by atoms with Crippen molar-refractivity contribution in [3.05, 3.63) is 65.4 Å². The highest BCUT2D eigenvalue weighted by molar-refractivity contribution is 5.98. The second-order valence-electron chi connectivity index (χ2n) is 14.5. The third-order valence-electron chi connectivity index (χ3n) is 10.0. The number of aromatic hydroxyl groups is 1. The highest BCUT2D eigenvalue weighted by Gasteiger charge is 2.33. The van der Waals surface area contributed by atoms with Gasteiger partial charge in [0.25, 0.3) is 0 Å². The average molecular weight is 817 g/mol. The van der Waals surface area contributed by atoms with Crippen LogP contribution in [-0.4, -0.2) is 112 Å². The number of carboxylic acids is 1. The molecule has 0 radical (unpaired) electrons. The monoisotopic (exact) mass is 816 g/mol. The number of aliphatic carboxylic acids is 1. The Hall–Kier alpha value is -6.70. The largest absolute Gasteiger partial charge is 0.508 e. The molecule has 0 aliphatic carbocycles. The maximum absolute atomic E-state index is 14.0. The Morgan fingerprint density at radius 3 is 2.17 bits per heavy atom. The number of amides is 6. The van der Waals surface area contributed by atoms with Crippen molar-refractivity contribution < 1.29 is 43.8 Å². The Morgan fingerprint density at radius 1 is 0.780 bits per heavy atom. The molecule has 3 heterocycles. The van der Waals surface area contributed by atoms with Crippen LogP contribution in [0.4, 0.5) is 0 Å². The fourth-order valence-corrected chi connectivity index (χ4v) is 6.99. The molecule has 0 spiro atoms. The molecule has 20 heteroatoms. The standard InChI is InChI=1S/C39H51N11O9/c40-39(41)43-15-5-9-26-34(55)45-20-32(52)47-30(18-33(53)54)38(59)50-29(16-21-10-12-22(51)13-11-21)37(58)49-27(36(57)48-26)8-3-4-14-42-35(56)28-17-24-23-6-1-2-7-25(23)46-31(24)19-44-28/h1-2,6-7,10-13,26-30,44,46,51H,3-5,8-9,14-20H2,(H,42,56)(H,45,55)(H,47,52)(H,48,57)(H,49,58)(H,50,59)(H,53,54)(H4,40,41,43)/t26-,27-,28?,29+,30-/m0/s1/i19-1. The number of rotatable bonds is 14. The molecule has 316 valence electrons. The second kappa shape index (κ2) is 20.6. The minimum absolute atomic E-state index is 0.0308. The zero-order valence-electron chi connectivity index (χ0n) is 32.3. The van der Waals surface area contributed by atoms with Crippen LogP contribution in [0, 0.1) is 0 Å². The summed E-state index contributed by atoms with van der Waals surface area (Å²) in [6, 6.07) is 7.79. The maximum atomic E-state index is 14.0. The number of carbonyl (C=O) groups excluding carboxylic acids is 6. The molecule has 5 atom stereocenters. The van der Waals surface area contributed by atoms with Crippen LogP contribution in [0.5, 0.6) is 5.75 Å². The van der Waals surface area contributed by atoms with Gasteiger partial charge < -0.3 is 58.6 Å². The third-order valence-corrected chi connectivity index (χ3v) is 10.0. The van der Waals surface area contributed by atoms with E-state index in [4.69, 9.17) is 11.5 Å². The molecule has 3 aromatic rings. The zero-order valence-corrected chi connectivity index (χ0v) is 32.3. The summed E-state index contributed by atoms with van der Waals surface area (Å²) in [6.45, 7) is 0.233. The van der Waals surface area contributed by atoms with Crippen molar-refractivity contribution >= 4 is 58.3 Å². The molecule has 20 nitrogen and oxygen atoms in total. The number of para-hydroxylation sites is 1. The fraction of sp³-hybridized carbons (Fsp3) is 0.436. The number of carboxylic acid groups (broad SMARTS) is 1. The van der Waals surface area contributed by atoms with Crippen LogP contribution in [0.3, 0.4) is 0 Å². The van der Waals surface area contributed by atoms with E-state index < -0.39 is 78.7 Å². The van der Waals surface area contributed by atoms with Gasteiger partial charge in [0.2, 0.25) is 35.4 Å². The molecule has 2 aromatic carbocycles. The van der Waals surface area contributed by atoms with Crippen LogP contribution in [-0.2, 0) is 52.9 Å². The molecule has 1 aromatic heterocycles. The maximum Gasteiger partial charge on any atom is 0.305 e. The van der Waals surface area contributed by atoms with Crippen LogP contribution in [0.1, 0.15) is 55.3 Å². The number of aliphatic imine (C=N–C) groups is 1. The Labute approximate surface area is 339 Å². The molecule has 2 aliphatic heterocycles. The van der Waals surface area contributed by atoms with E-state index in [9.17, 15) is 43.8 Å². The number of unbranched alkanes of at least 4 members (excludes halogenated alkanes) is 1. The van der Waals surface area contributed by atoms with E-state index in [2.05, 4.69) is 47.2 Å². The highest BCUT2D eigenvalue weighted by atomic mass is 16.4. The van der Waals surface area contributed by atoms with Gasteiger partial charge in [0.1, 0.15) is 29.9 Å². The molecule has 0 bridgehead atoms. The van der Waals surface area contributed by atoms with Gasteiger partial charge in [-0.15, -0.1) is 0 Å². The number of fused-ring (bicyclic) bond motifs is 3. The summed E-state index contributed by atoms with van der Waals surface area (Å²) < 4.78 is 0. The van der Waals surface area contributed by atoms with Crippen LogP contribution in [0.2, 0.25) is 0 Å². The molecule has 1 fully saturated rings. The minimum atomic E-state index is -1.63. The Kier molecular flexibility index (Phi) is 15.2. The van der Waals surface area contributed by atoms with Crippen LogP contribution >= 0.6 is 0 Å². The number of hydrogen-bond acceptors (Lipinski definition) is 10. The van der Waals surface area contributed by atoms with E-state index in [1.54, 1.807) is 0 Å². The zero-order chi connectivity index (χ0) is 42.5. The van der Waals surface area contributed by atoms with Crippen LogP contribution in [0.25, 0.3) is 10.9 Å². The lowest BCUT2D eigenvalue weighted by atomic mass is 9.84. The van der Waals surface area contributed by atoms with Gasteiger partial charge in [-0.1, -0.05) is 30.3 Å². The number of guanidine groups is 1. The summed E-state index contributed by atoms with van der Waals surface area (Å²) in [4.78, 5) is 99.8. The smallest absolute Gasteiger partial charge is 0.305 e. The second-order valence-corrected chi connectivity index (χ2v) is 14.5. The third kappa shape index (κ3) is 12.6. The molecule has 2 aliphatic rings.